The molecule has 1 aromatic heterocycles. The van der Waals surface area contributed by atoms with Gasteiger partial charge in [0.1, 0.15) is 11.5 Å². The van der Waals surface area contributed by atoms with Gasteiger partial charge in [-0.3, -0.25) is 4.79 Å². The number of aliphatic hydroxyl groups is 1. The minimum Gasteiger partial charge on any atom is -0.462 e. The lowest BCUT2D eigenvalue weighted by atomic mass is 10.2. The molecule has 0 aliphatic carbocycles. The number of nitrogens with zero attached hydrogens (tertiary/aromatic N) is 2. The highest BCUT2D eigenvalue weighted by Gasteiger charge is 2.33. The lowest BCUT2D eigenvalue weighted by molar-refractivity contribution is -0.127. The van der Waals surface area contributed by atoms with Crippen LogP contribution in [-0.4, -0.2) is 60.1 Å². The number of carbonyl (C=O) groups excluding carboxylic acids is 1. The zero-order chi connectivity index (χ0) is 14.7. The van der Waals surface area contributed by atoms with Gasteiger partial charge in [0.05, 0.1) is 6.10 Å². The smallest absolute Gasteiger partial charge is 0.247 e. The van der Waals surface area contributed by atoms with Gasteiger partial charge < -0.3 is 19.3 Å². The number of hydrogen-bond donors (Lipinski definition) is 1. The number of aryl methyl sites for hydroxylation is 1. The molecule has 2 heterocycles. The SMILES string of the molecule is Cc1ccc(C=CC(=O)N2CC(O)CC2CN(C)C)o1. The molecule has 2 unspecified atom stereocenters. The fourth-order valence-electron chi connectivity index (χ4n) is 2.55. The van der Waals surface area contributed by atoms with E-state index in [1.54, 1.807) is 11.0 Å². The quantitative estimate of drug-likeness (QED) is 0.839. The highest BCUT2D eigenvalue weighted by molar-refractivity contribution is 5.91. The molecular formula is C15H22N2O3. The predicted octanol–water partition coefficient (Wildman–Crippen LogP) is 1.12. The molecule has 1 aromatic rings. The molecule has 2 rings (SSSR count). The van der Waals surface area contributed by atoms with E-state index in [0.717, 1.165) is 12.3 Å². The van der Waals surface area contributed by atoms with Crippen molar-refractivity contribution < 1.29 is 14.3 Å². The third kappa shape index (κ3) is 3.71. The Morgan fingerprint density at radius 3 is 2.90 bits per heavy atom. The van der Waals surface area contributed by atoms with Crippen molar-refractivity contribution in [2.75, 3.05) is 27.2 Å². The van der Waals surface area contributed by atoms with Gasteiger partial charge in [0, 0.05) is 25.2 Å². The molecular weight excluding hydrogens is 256 g/mol. The van der Waals surface area contributed by atoms with E-state index >= 15 is 0 Å². The van der Waals surface area contributed by atoms with E-state index in [1.807, 2.05) is 38.1 Å². The minimum absolute atomic E-state index is 0.0653. The van der Waals surface area contributed by atoms with Crippen molar-refractivity contribution in [3.05, 3.63) is 29.7 Å². The van der Waals surface area contributed by atoms with E-state index in [-0.39, 0.29) is 11.9 Å². The van der Waals surface area contributed by atoms with Crippen LogP contribution in [0.1, 0.15) is 17.9 Å². The Labute approximate surface area is 119 Å². The van der Waals surface area contributed by atoms with Crippen LogP contribution in [0.2, 0.25) is 0 Å². The third-order valence-electron chi connectivity index (χ3n) is 3.40. The van der Waals surface area contributed by atoms with Crippen molar-refractivity contribution in [1.29, 1.82) is 0 Å². The van der Waals surface area contributed by atoms with Gasteiger partial charge in [-0.25, -0.2) is 0 Å². The first-order valence-corrected chi connectivity index (χ1v) is 6.83. The molecule has 20 heavy (non-hydrogen) atoms. The molecule has 0 aromatic carbocycles. The van der Waals surface area contributed by atoms with Crippen molar-refractivity contribution >= 4 is 12.0 Å². The van der Waals surface area contributed by atoms with Crippen LogP contribution in [0, 0.1) is 6.92 Å². The lowest BCUT2D eigenvalue weighted by Gasteiger charge is -2.25. The lowest BCUT2D eigenvalue weighted by Crippen LogP contribution is -2.40. The number of amides is 1. The maximum Gasteiger partial charge on any atom is 0.247 e. The maximum absolute atomic E-state index is 12.2. The molecule has 1 aliphatic heterocycles. The van der Waals surface area contributed by atoms with Crippen molar-refractivity contribution in [2.45, 2.75) is 25.5 Å². The molecule has 0 saturated carbocycles. The summed E-state index contributed by atoms with van der Waals surface area (Å²) in [5.41, 5.74) is 0. The van der Waals surface area contributed by atoms with Crippen LogP contribution >= 0.6 is 0 Å². The second-order valence-electron chi connectivity index (χ2n) is 5.58. The number of aliphatic hydroxyl groups excluding tert-OH is 1. The Kier molecular flexibility index (Phi) is 4.62. The molecule has 0 bridgehead atoms. The summed E-state index contributed by atoms with van der Waals surface area (Å²) in [5, 5.41) is 9.77. The predicted molar refractivity (Wildman–Crippen MR) is 77.2 cm³/mol. The highest BCUT2D eigenvalue weighted by Crippen LogP contribution is 2.19. The molecule has 110 valence electrons. The molecule has 0 radical (unpaired) electrons. The van der Waals surface area contributed by atoms with E-state index in [4.69, 9.17) is 4.42 Å². The summed E-state index contributed by atoms with van der Waals surface area (Å²) in [7, 11) is 3.93. The van der Waals surface area contributed by atoms with Gasteiger partial charge in [0.2, 0.25) is 5.91 Å². The minimum atomic E-state index is -0.428. The van der Waals surface area contributed by atoms with E-state index in [2.05, 4.69) is 0 Å². The summed E-state index contributed by atoms with van der Waals surface area (Å²) in [6.45, 7) is 3.03. The number of rotatable bonds is 4. The Morgan fingerprint density at radius 2 is 2.30 bits per heavy atom. The van der Waals surface area contributed by atoms with Crippen molar-refractivity contribution in [2.24, 2.45) is 0 Å². The van der Waals surface area contributed by atoms with Gasteiger partial charge in [-0.05, 0) is 45.6 Å². The van der Waals surface area contributed by atoms with Gasteiger partial charge in [0.25, 0.3) is 0 Å². The third-order valence-corrected chi connectivity index (χ3v) is 3.40. The molecule has 1 aliphatic rings. The molecule has 0 spiro atoms. The monoisotopic (exact) mass is 278 g/mol. The number of furan rings is 1. The number of likely N-dealkylation sites (tertiary alicyclic amines) is 1. The Hall–Kier alpha value is -1.59. The summed E-state index contributed by atoms with van der Waals surface area (Å²) in [4.78, 5) is 16.0. The van der Waals surface area contributed by atoms with Crippen LogP contribution in [0.4, 0.5) is 0 Å². The average Bonchev–Trinajstić information content (AvgIpc) is 2.92. The second kappa shape index (κ2) is 6.24. The van der Waals surface area contributed by atoms with Gasteiger partial charge in [-0.15, -0.1) is 0 Å². The average molecular weight is 278 g/mol. The normalized spacial score (nSPS) is 23.1. The number of β-amino-alcohol motifs (C(OH)–C–C–N with tert-alkyl or cyclic N) is 1. The molecule has 2 atom stereocenters. The molecule has 5 nitrogen and oxygen atoms in total. The van der Waals surface area contributed by atoms with E-state index in [1.165, 1.54) is 6.08 Å². The van der Waals surface area contributed by atoms with Crippen LogP contribution in [-0.2, 0) is 4.79 Å². The highest BCUT2D eigenvalue weighted by atomic mass is 16.3. The van der Waals surface area contributed by atoms with Crippen LogP contribution in [0.5, 0.6) is 0 Å². The zero-order valence-electron chi connectivity index (χ0n) is 12.2. The van der Waals surface area contributed by atoms with Crippen LogP contribution in [0.3, 0.4) is 0 Å². The second-order valence-corrected chi connectivity index (χ2v) is 5.58. The summed E-state index contributed by atoms with van der Waals surface area (Å²) in [6.07, 6.45) is 3.40. The summed E-state index contributed by atoms with van der Waals surface area (Å²) in [6, 6.07) is 3.75. The Morgan fingerprint density at radius 1 is 1.55 bits per heavy atom. The summed E-state index contributed by atoms with van der Waals surface area (Å²) in [5.74, 6) is 1.40. The van der Waals surface area contributed by atoms with Gasteiger partial charge in [-0.2, -0.15) is 0 Å². The topological polar surface area (TPSA) is 56.9 Å². The fourth-order valence-corrected chi connectivity index (χ4v) is 2.55. The number of likely N-dealkylation sites (N-methyl/N-ethyl adjacent to an activating group) is 1. The fraction of sp³-hybridized carbons (Fsp3) is 0.533. The largest absolute Gasteiger partial charge is 0.462 e. The first-order chi connectivity index (χ1) is 9.45. The van der Waals surface area contributed by atoms with Gasteiger partial charge >= 0.3 is 0 Å². The van der Waals surface area contributed by atoms with Crippen molar-refractivity contribution in [3.8, 4) is 0 Å². The van der Waals surface area contributed by atoms with Crippen LogP contribution < -0.4 is 0 Å². The van der Waals surface area contributed by atoms with E-state index < -0.39 is 6.10 Å². The molecule has 1 fully saturated rings. The Bertz CT molecular complexity index is 493. The Balaban J connectivity index is 2.01. The first-order valence-electron chi connectivity index (χ1n) is 6.83. The molecule has 1 N–H and O–H groups in total. The zero-order valence-corrected chi connectivity index (χ0v) is 12.2. The van der Waals surface area contributed by atoms with Crippen LogP contribution in [0.15, 0.2) is 22.6 Å². The number of carbonyl (C=O) groups is 1. The van der Waals surface area contributed by atoms with Crippen LogP contribution in [0.25, 0.3) is 6.08 Å². The maximum atomic E-state index is 12.2. The van der Waals surface area contributed by atoms with E-state index in [0.29, 0.717) is 18.7 Å². The number of hydrogen-bond acceptors (Lipinski definition) is 4. The van der Waals surface area contributed by atoms with Gasteiger partial charge in [-0.1, -0.05) is 0 Å². The van der Waals surface area contributed by atoms with Crippen molar-refractivity contribution in [1.82, 2.24) is 9.80 Å². The molecule has 5 heteroatoms. The summed E-state index contributed by atoms with van der Waals surface area (Å²) < 4.78 is 5.39. The molecule has 1 amide bonds. The van der Waals surface area contributed by atoms with E-state index in [9.17, 15) is 9.90 Å². The van der Waals surface area contributed by atoms with Crippen molar-refractivity contribution in [3.63, 3.8) is 0 Å². The standard InChI is InChI=1S/C15H22N2O3/c1-11-4-5-14(20-11)6-7-15(19)17-10-13(18)8-12(17)9-16(2)3/h4-7,12-13,18H,8-10H2,1-3H3. The molecule has 1 saturated heterocycles. The first kappa shape index (κ1) is 14.8. The summed E-state index contributed by atoms with van der Waals surface area (Å²) >= 11 is 0. The van der Waals surface area contributed by atoms with Gasteiger partial charge in [0.15, 0.2) is 0 Å².